The Balaban J connectivity index is 0.957. The maximum absolute atomic E-state index is 12.4. The monoisotopic (exact) mass is 687 g/mol. The number of benzene rings is 2. The molecular weight excluding hydrogens is 617 g/mol. The molecule has 278 valence electrons. The molecular formula is C46H70O4. The molecule has 0 N–H and O–H groups in total. The molecule has 0 aliphatic heterocycles. The number of ether oxygens (including phenoxy) is 2. The first-order chi connectivity index (χ1) is 24.5. The van der Waals surface area contributed by atoms with Crippen LogP contribution in [0.4, 0.5) is 0 Å². The van der Waals surface area contributed by atoms with Gasteiger partial charge in [-0.3, -0.25) is 9.59 Å². The number of carbonyl (C=O) groups excluding carboxylic acids is 2. The number of hydrogen-bond acceptors (Lipinski definition) is 4. The lowest BCUT2D eigenvalue weighted by Crippen LogP contribution is -2.13. The number of esters is 2. The Kier molecular flexibility index (Phi) is 19.1. The van der Waals surface area contributed by atoms with Crippen molar-refractivity contribution in [2.24, 2.45) is 11.8 Å². The fourth-order valence-electron chi connectivity index (χ4n) is 8.52. The van der Waals surface area contributed by atoms with Crippen molar-refractivity contribution >= 4 is 11.9 Å². The highest BCUT2D eigenvalue weighted by Gasteiger charge is 2.23. The van der Waals surface area contributed by atoms with Crippen molar-refractivity contribution in [3.63, 3.8) is 0 Å². The molecule has 4 heteroatoms. The molecule has 0 radical (unpaired) electrons. The van der Waals surface area contributed by atoms with Gasteiger partial charge in [-0.05, 0) is 123 Å². The lowest BCUT2D eigenvalue weighted by Gasteiger charge is -2.29. The molecule has 2 aliphatic rings. The molecule has 2 aromatic carbocycles. The summed E-state index contributed by atoms with van der Waals surface area (Å²) in [5.74, 6) is 4.28. The summed E-state index contributed by atoms with van der Waals surface area (Å²) in [7, 11) is 0. The van der Waals surface area contributed by atoms with Crippen LogP contribution >= 0.6 is 0 Å². The maximum atomic E-state index is 12.4. The average Bonchev–Trinajstić information content (AvgIpc) is 3.14. The molecule has 0 saturated heterocycles. The molecule has 0 aromatic heterocycles. The summed E-state index contributed by atoms with van der Waals surface area (Å²) < 4.78 is 11.3. The molecule has 0 unspecified atom stereocenters. The summed E-state index contributed by atoms with van der Waals surface area (Å²) in [6, 6.07) is 16.6. The van der Waals surface area contributed by atoms with Crippen LogP contribution in [0.3, 0.4) is 0 Å². The summed E-state index contributed by atoms with van der Waals surface area (Å²) in [6.07, 6.45) is 31.0. The van der Waals surface area contributed by atoms with Crippen molar-refractivity contribution in [3.05, 3.63) is 59.7 Å². The lowest BCUT2D eigenvalue weighted by atomic mass is 9.77. The van der Waals surface area contributed by atoms with E-state index in [-0.39, 0.29) is 11.9 Å². The van der Waals surface area contributed by atoms with Gasteiger partial charge in [-0.1, -0.05) is 128 Å². The van der Waals surface area contributed by atoms with Crippen molar-refractivity contribution in [2.75, 3.05) is 0 Å². The highest BCUT2D eigenvalue weighted by atomic mass is 16.5. The second kappa shape index (κ2) is 23.8. The minimum absolute atomic E-state index is 0.122. The van der Waals surface area contributed by atoms with Crippen molar-refractivity contribution in [3.8, 4) is 11.5 Å². The minimum Gasteiger partial charge on any atom is -0.427 e. The summed E-state index contributed by atoms with van der Waals surface area (Å²) in [6.45, 7) is 4.57. The van der Waals surface area contributed by atoms with Crippen LogP contribution in [0, 0.1) is 11.8 Å². The zero-order valence-electron chi connectivity index (χ0n) is 31.9. The smallest absolute Gasteiger partial charge is 0.311 e. The van der Waals surface area contributed by atoms with E-state index in [2.05, 4.69) is 38.1 Å². The average molecular weight is 687 g/mol. The predicted molar refractivity (Wildman–Crippen MR) is 208 cm³/mol. The Morgan fingerprint density at radius 2 is 0.800 bits per heavy atom. The van der Waals surface area contributed by atoms with E-state index in [1.165, 1.54) is 127 Å². The second-order valence-corrected chi connectivity index (χ2v) is 15.8. The topological polar surface area (TPSA) is 52.6 Å². The van der Waals surface area contributed by atoms with Crippen LogP contribution in [0.15, 0.2) is 48.5 Å². The summed E-state index contributed by atoms with van der Waals surface area (Å²) in [4.78, 5) is 24.8. The Bertz CT molecular complexity index is 1090. The Morgan fingerprint density at radius 1 is 0.460 bits per heavy atom. The van der Waals surface area contributed by atoms with Crippen molar-refractivity contribution in [1.82, 2.24) is 0 Å². The third-order valence-electron chi connectivity index (χ3n) is 11.8. The van der Waals surface area contributed by atoms with Gasteiger partial charge < -0.3 is 9.47 Å². The highest BCUT2D eigenvalue weighted by Crippen LogP contribution is 2.39. The van der Waals surface area contributed by atoms with Gasteiger partial charge in [-0.2, -0.15) is 0 Å². The second-order valence-electron chi connectivity index (χ2n) is 15.8. The molecule has 0 amide bonds. The van der Waals surface area contributed by atoms with E-state index < -0.39 is 0 Å². The quantitative estimate of drug-likeness (QED) is 0.0663. The molecule has 0 atom stereocenters. The first-order valence-electron chi connectivity index (χ1n) is 21.1. The summed E-state index contributed by atoms with van der Waals surface area (Å²) in [5.41, 5.74) is 2.80. The van der Waals surface area contributed by atoms with Crippen molar-refractivity contribution in [1.29, 1.82) is 0 Å². The van der Waals surface area contributed by atoms with Gasteiger partial charge in [0.2, 0.25) is 0 Å². The fraction of sp³-hybridized carbons (Fsp3) is 0.696. The molecule has 2 fully saturated rings. The van der Waals surface area contributed by atoms with Crippen LogP contribution < -0.4 is 9.47 Å². The largest absolute Gasteiger partial charge is 0.427 e. The normalized spacial score (nSPS) is 20.8. The lowest BCUT2D eigenvalue weighted by molar-refractivity contribution is -0.135. The number of hydrogen-bond donors (Lipinski definition) is 0. The van der Waals surface area contributed by atoms with E-state index in [1.807, 2.05) is 24.3 Å². The van der Waals surface area contributed by atoms with Crippen LogP contribution in [0.2, 0.25) is 0 Å². The zero-order chi connectivity index (χ0) is 35.2. The molecule has 50 heavy (non-hydrogen) atoms. The Hall–Kier alpha value is -2.62. The zero-order valence-corrected chi connectivity index (χ0v) is 31.9. The van der Waals surface area contributed by atoms with E-state index in [1.54, 1.807) is 0 Å². The van der Waals surface area contributed by atoms with Crippen LogP contribution in [-0.4, -0.2) is 11.9 Å². The Morgan fingerprint density at radius 3 is 1.14 bits per heavy atom. The van der Waals surface area contributed by atoms with Gasteiger partial charge in [-0.15, -0.1) is 0 Å². The molecule has 2 aliphatic carbocycles. The molecule has 0 spiro atoms. The molecule has 4 rings (SSSR count). The molecule has 4 nitrogen and oxygen atoms in total. The van der Waals surface area contributed by atoms with E-state index in [0.29, 0.717) is 36.2 Å². The molecule has 2 saturated carbocycles. The SMILES string of the molecule is CCCCCC1CCC(c2ccc(OC(=O)CCCCCCCCCCC(=O)Oc3ccc(C4CCC(CCCCC)CC4)cc3)cc2)CC1. The van der Waals surface area contributed by atoms with Gasteiger partial charge in [-0.25, -0.2) is 0 Å². The standard InChI is InChI=1S/C46H70O4/c1-3-5-13-17-37-21-25-39(26-22-37)41-29-33-43(34-30-41)49-45(47)19-15-11-9-7-8-10-12-16-20-46(48)50-44-35-31-42(32-36-44)40-27-23-38(24-28-40)18-14-6-4-2/h29-40H,3-28H2,1-2H3. The minimum atomic E-state index is -0.122. The number of unbranched alkanes of at least 4 members (excludes halogenated alkanes) is 11. The molecule has 0 heterocycles. The van der Waals surface area contributed by atoms with E-state index in [0.717, 1.165) is 50.4 Å². The third kappa shape index (κ3) is 15.3. The fourth-order valence-corrected chi connectivity index (χ4v) is 8.52. The first-order valence-corrected chi connectivity index (χ1v) is 21.1. The van der Waals surface area contributed by atoms with Crippen LogP contribution in [-0.2, 0) is 9.59 Å². The van der Waals surface area contributed by atoms with Gasteiger partial charge in [0.15, 0.2) is 0 Å². The van der Waals surface area contributed by atoms with Crippen molar-refractivity contribution in [2.45, 2.75) is 193 Å². The third-order valence-corrected chi connectivity index (χ3v) is 11.8. The summed E-state index contributed by atoms with van der Waals surface area (Å²) in [5, 5.41) is 0. The van der Waals surface area contributed by atoms with Crippen molar-refractivity contribution < 1.29 is 19.1 Å². The van der Waals surface area contributed by atoms with Crippen LogP contribution in [0.1, 0.15) is 204 Å². The van der Waals surface area contributed by atoms with E-state index >= 15 is 0 Å². The van der Waals surface area contributed by atoms with Gasteiger partial charge in [0.1, 0.15) is 11.5 Å². The maximum Gasteiger partial charge on any atom is 0.311 e. The van der Waals surface area contributed by atoms with E-state index in [4.69, 9.17) is 9.47 Å². The van der Waals surface area contributed by atoms with E-state index in [9.17, 15) is 9.59 Å². The first kappa shape index (κ1) is 40.2. The van der Waals surface area contributed by atoms with Gasteiger partial charge in [0.25, 0.3) is 0 Å². The van der Waals surface area contributed by atoms with Crippen LogP contribution in [0.25, 0.3) is 0 Å². The molecule has 0 bridgehead atoms. The van der Waals surface area contributed by atoms with Gasteiger partial charge in [0, 0.05) is 12.8 Å². The highest BCUT2D eigenvalue weighted by molar-refractivity contribution is 5.72. The number of carbonyl (C=O) groups is 2. The van der Waals surface area contributed by atoms with Gasteiger partial charge >= 0.3 is 11.9 Å². The van der Waals surface area contributed by atoms with Gasteiger partial charge in [0.05, 0.1) is 0 Å². The Labute approximate surface area is 305 Å². The van der Waals surface area contributed by atoms with Crippen LogP contribution in [0.5, 0.6) is 11.5 Å². The summed E-state index contributed by atoms with van der Waals surface area (Å²) >= 11 is 0. The molecule has 2 aromatic rings. The number of rotatable bonds is 23. The predicted octanol–water partition coefficient (Wildman–Crippen LogP) is 13.8.